The van der Waals surface area contributed by atoms with Crippen molar-refractivity contribution < 1.29 is 33.8 Å². The van der Waals surface area contributed by atoms with Crippen LogP contribution >= 0.6 is 0 Å². The van der Waals surface area contributed by atoms with Gasteiger partial charge in [0.25, 0.3) is 5.91 Å². The highest BCUT2D eigenvalue weighted by Gasteiger charge is 2.20. The largest absolute Gasteiger partial charge is 0.478 e. The normalized spacial score (nSPS) is 11.6. The fraction of sp³-hybridized carbons (Fsp3) is 0.222. The number of carboxylic acid groups (broad SMARTS) is 1. The van der Waals surface area contributed by atoms with Crippen molar-refractivity contribution in [1.82, 2.24) is 14.5 Å². The molecule has 0 aliphatic heterocycles. The minimum Gasteiger partial charge on any atom is -0.478 e. The van der Waals surface area contributed by atoms with Gasteiger partial charge < -0.3 is 34.8 Å². The molecule has 0 aliphatic carbocycles. The third-order valence-electron chi connectivity index (χ3n) is 15.4. The van der Waals surface area contributed by atoms with Crippen LogP contribution in [0.1, 0.15) is 139 Å². The van der Waals surface area contributed by atoms with E-state index in [0.29, 0.717) is 43.0 Å². The number of ether oxygens (including phenoxy) is 2. The zero-order chi connectivity index (χ0) is 59.2. The first-order chi connectivity index (χ1) is 40.1. The van der Waals surface area contributed by atoms with E-state index in [0.717, 1.165) is 96.1 Å². The van der Waals surface area contributed by atoms with Crippen molar-refractivity contribution in [3.05, 3.63) is 261 Å². The van der Waals surface area contributed by atoms with Gasteiger partial charge in [-0.3, -0.25) is 4.79 Å². The quantitative estimate of drug-likeness (QED) is 0.0762. The molecule has 4 N–H and O–H groups in total. The van der Waals surface area contributed by atoms with Gasteiger partial charge in [0.2, 0.25) is 0 Å². The van der Waals surface area contributed by atoms with Crippen LogP contribution in [0.4, 0.5) is 0 Å². The van der Waals surface area contributed by atoms with Crippen molar-refractivity contribution in [3.63, 3.8) is 0 Å². The van der Waals surface area contributed by atoms with Crippen molar-refractivity contribution >= 4 is 45.6 Å². The number of esters is 2. The van der Waals surface area contributed by atoms with Crippen LogP contribution in [-0.2, 0) is 22.6 Å². The zero-order valence-electron chi connectivity index (χ0n) is 48.7. The SMILES string of the molecule is CCC(N)c1ccccc1.CCOC(=O)c1cccc(-c2ccccc2Cn2c(C)c(C)c3cc(C(=O)NC(CC)c4ccccc4)ccc32)c1.CCOC(=O)c1cccc(-c2ccccc2Cn2c(C)c(C)c3cc(C(=O)O)ccc32)c1. The Morgan fingerprint density at radius 2 is 0.916 bits per heavy atom. The van der Waals surface area contributed by atoms with Crippen LogP contribution in [0.5, 0.6) is 0 Å². The maximum Gasteiger partial charge on any atom is 0.338 e. The number of aromatic nitrogens is 2. The van der Waals surface area contributed by atoms with Gasteiger partial charge in [-0.15, -0.1) is 0 Å². The second-order valence-corrected chi connectivity index (χ2v) is 20.5. The molecule has 2 heterocycles. The summed E-state index contributed by atoms with van der Waals surface area (Å²) in [5.41, 5.74) is 23.0. The molecule has 2 aromatic heterocycles. The molecule has 0 spiro atoms. The first kappa shape index (κ1) is 59.8. The maximum absolute atomic E-state index is 13.3. The lowest BCUT2D eigenvalue weighted by Crippen LogP contribution is -2.28. The van der Waals surface area contributed by atoms with Crippen molar-refractivity contribution in [2.24, 2.45) is 5.73 Å². The molecule has 424 valence electrons. The molecule has 1 amide bonds. The Hall–Kier alpha value is -9.32. The van der Waals surface area contributed by atoms with E-state index in [4.69, 9.17) is 15.2 Å². The van der Waals surface area contributed by atoms with E-state index in [1.807, 2.05) is 129 Å². The number of amides is 1. The highest BCUT2D eigenvalue weighted by atomic mass is 16.5. The van der Waals surface area contributed by atoms with Crippen LogP contribution in [0, 0.1) is 27.7 Å². The molecule has 83 heavy (non-hydrogen) atoms. The van der Waals surface area contributed by atoms with Gasteiger partial charge in [-0.25, -0.2) is 14.4 Å². The Morgan fingerprint density at radius 1 is 0.482 bits per heavy atom. The van der Waals surface area contributed by atoms with Crippen LogP contribution in [0.2, 0.25) is 0 Å². The minimum atomic E-state index is -0.927. The van der Waals surface area contributed by atoms with Gasteiger partial charge in [-0.2, -0.15) is 0 Å². The van der Waals surface area contributed by atoms with Crippen LogP contribution in [0.15, 0.2) is 194 Å². The second kappa shape index (κ2) is 27.9. The van der Waals surface area contributed by atoms with Gasteiger partial charge in [0.05, 0.1) is 35.9 Å². The van der Waals surface area contributed by atoms with Gasteiger partial charge in [0, 0.05) is 57.9 Å². The Labute approximate surface area is 487 Å². The number of nitrogens with one attached hydrogen (secondary N) is 1. The van der Waals surface area contributed by atoms with Gasteiger partial charge in [-0.1, -0.05) is 147 Å². The van der Waals surface area contributed by atoms with Gasteiger partial charge in [0.15, 0.2) is 0 Å². The van der Waals surface area contributed by atoms with Crippen molar-refractivity contribution in [3.8, 4) is 22.3 Å². The van der Waals surface area contributed by atoms with Gasteiger partial charge in [0.1, 0.15) is 0 Å². The fourth-order valence-corrected chi connectivity index (χ4v) is 10.5. The molecule has 2 atom stereocenters. The number of rotatable bonds is 17. The molecule has 10 aromatic rings. The van der Waals surface area contributed by atoms with E-state index in [1.54, 1.807) is 31.2 Å². The molecule has 0 aliphatic rings. The molecule has 0 radical (unpaired) electrons. The molecular weight excluding hydrogens is 1030 g/mol. The summed E-state index contributed by atoms with van der Waals surface area (Å²) in [6.45, 7) is 18.1. The number of fused-ring (bicyclic) bond motifs is 2. The number of nitrogens with zero attached hydrogens (tertiary/aromatic N) is 2. The molecule has 0 saturated heterocycles. The standard InChI is InChI=1S/C36H36N2O3.C27H25NO4.C9H13N/c1-5-33(26-13-8-7-9-14-26)37-35(39)28-19-20-34-32(22-28)24(3)25(4)38(34)23-30-15-10-11-18-31(30)27-16-12-17-29(21-27)36(40)41-6-2;1-4-32-27(31)21-10-7-9-19(14-21)23-11-6-5-8-22(23)16-28-18(3)17(2)24-15-20(26(29)30)12-13-25(24)28;1-2-9(10)8-6-4-3-5-7-8/h7-22,33H,5-6,23H2,1-4H3,(H,37,39);5-15H,4,16H2,1-3H3,(H,29,30);3-7,9H,2,10H2,1H3. The lowest BCUT2D eigenvalue weighted by Gasteiger charge is -2.17. The average molecular weight is 1110 g/mol. The summed E-state index contributed by atoms with van der Waals surface area (Å²) < 4.78 is 14.9. The van der Waals surface area contributed by atoms with Crippen LogP contribution < -0.4 is 11.1 Å². The number of benzene rings is 8. The lowest BCUT2D eigenvalue weighted by atomic mass is 9.98. The van der Waals surface area contributed by atoms with Crippen LogP contribution in [-0.4, -0.2) is 51.3 Å². The summed E-state index contributed by atoms with van der Waals surface area (Å²) in [4.78, 5) is 49.3. The van der Waals surface area contributed by atoms with E-state index in [9.17, 15) is 24.3 Å². The molecule has 0 saturated carbocycles. The molecule has 10 rings (SSSR count). The average Bonchev–Trinajstić information content (AvgIpc) is 4.04. The Balaban J connectivity index is 0.000000189. The molecule has 11 heteroatoms. The predicted molar refractivity (Wildman–Crippen MR) is 334 cm³/mol. The summed E-state index contributed by atoms with van der Waals surface area (Å²) in [5, 5.41) is 14.6. The Bertz CT molecular complexity index is 3900. The smallest absolute Gasteiger partial charge is 0.338 e. The number of carbonyl (C=O) groups is 4. The van der Waals surface area contributed by atoms with E-state index in [-0.39, 0.29) is 35.5 Å². The number of nitrogens with two attached hydrogens (primary N) is 1. The predicted octanol–water partition coefficient (Wildman–Crippen LogP) is 16.0. The molecule has 8 aromatic carbocycles. The van der Waals surface area contributed by atoms with Crippen LogP contribution in [0.25, 0.3) is 44.1 Å². The second-order valence-electron chi connectivity index (χ2n) is 20.5. The van der Waals surface area contributed by atoms with E-state index < -0.39 is 5.97 Å². The highest BCUT2D eigenvalue weighted by molar-refractivity contribution is 6.00. The van der Waals surface area contributed by atoms with E-state index in [1.165, 1.54) is 5.56 Å². The van der Waals surface area contributed by atoms with Crippen molar-refractivity contribution in [2.75, 3.05) is 13.2 Å². The third-order valence-corrected chi connectivity index (χ3v) is 15.4. The molecule has 0 bridgehead atoms. The zero-order valence-corrected chi connectivity index (χ0v) is 48.7. The summed E-state index contributed by atoms with van der Waals surface area (Å²) in [7, 11) is 0. The van der Waals surface area contributed by atoms with Crippen molar-refractivity contribution in [2.45, 2.75) is 93.4 Å². The number of aryl methyl sites for hydroxylation is 2. The molecular formula is C72H74N4O7. The first-order valence-corrected chi connectivity index (χ1v) is 28.4. The summed E-state index contributed by atoms with van der Waals surface area (Å²) in [5.74, 6) is -1.64. The topological polar surface area (TPSA) is 155 Å². The number of hydrogen-bond donors (Lipinski definition) is 3. The number of carboxylic acids is 1. The molecule has 0 fully saturated rings. The monoisotopic (exact) mass is 1110 g/mol. The number of carbonyl (C=O) groups excluding carboxylic acids is 3. The Kier molecular flexibility index (Phi) is 20.1. The fourth-order valence-electron chi connectivity index (χ4n) is 10.5. The van der Waals surface area contributed by atoms with Crippen LogP contribution in [0.3, 0.4) is 0 Å². The third kappa shape index (κ3) is 14.1. The maximum atomic E-state index is 13.3. The van der Waals surface area contributed by atoms with Crippen molar-refractivity contribution in [1.29, 1.82) is 0 Å². The summed E-state index contributed by atoms with van der Waals surface area (Å²) in [6.07, 6.45) is 1.82. The Morgan fingerprint density at radius 3 is 1.36 bits per heavy atom. The summed E-state index contributed by atoms with van der Waals surface area (Å²) in [6, 6.07) is 63.2. The minimum absolute atomic E-state index is 0.0364. The van der Waals surface area contributed by atoms with E-state index >= 15 is 0 Å². The molecule has 11 nitrogen and oxygen atoms in total. The number of hydrogen-bond acceptors (Lipinski definition) is 7. The van der Waals surface area contributed by atoms with E-state index in [2.05, 4.69) is 104 Å². The highest BCUT2D eigenvalue weighted by Crippen LogP contribution is 2.33. The van der Waals surface area contributed by atoms with Gasteiger partial charge in [-0.05, 0) is 171 Å². The number of aromatic carboxylic acids is 1. The molecule has 2 unspecified atom stereocenters. The first-order valence-electron chi connectivity index (χ1n) is 28.4. The summed E-state index contributed by atoms with van der Waals surface area (Å²) >= 11 is 0. The lowest BCUT2D eigenvalue weighted by molar-refractivity contribution is 0.0517. The van der Waals surface area contributed by atoms with Gasteiger partial charge >= 0.3 is 17.9 Å².